The molecular weight excluding hydrogens is 266 g/mol. The molecular formula is C15H19N5O. The van der Waals surface area contributed by atoms with Gasteiger partial charge < -0.3 is 4.90 Å². The van der Waals surface area contributed by atoms with E-state index in [-0.39, 0.29) is 11.9 Å². The number of hydrogen-bond donors (Lipinski definition) is 1. The van der Waals surface area contributed by atoms with Crippen molar-refractivity contribution in [2.24, 2.45) is 0 Å². The molecule has 6 heteroatoms. The van der Waals surface area contributed by atoms with E-state index in [4.69, 9.17) is 0 Å². The molecule has 0 aromatic carbocycles. The number of aryl methyl sites for hydroxylation is 1. The lowest BCUT2D eigenvalue weighted by Crippen LogP contribution is -2.37. The SMILES string of the molecule is C[C@@H](Cc1cnccn1)N(C)C(=O)c1n[nH]c2c1CCC2. The van der Waals surface area contributed by atoms with Crippen molar-refractivity contribution in [3.63, 3.8) is 0 Å². The lowest BCUT2D eigenvalue weighted by Gasteiger charge is -2.24. The molecule has 1 aliphatic carbocycles. The highest BCUT2D eigenvalue weighted by atomic mass is 16.2. The number of carbonyl (C=O) groups excluding carboxylic acids is 1. The number of rotatable bonds is 4. The molecule has 1 atom stereocenters. The number of hydrogen-bond acceptors (Lipinski definition) is 4. The quantitative estimate of drug-likeness (QED) is 0.921. The van der Waals surface area contributed by atoms with Gasteiger partial charge >= 0.3 is 0 Å². The van der Waals surface area contributed by atoms with Gasteiger partial charge in [0.1, 0.15) is 0 Å². The summed E-state index contributed by atoms with van der Waals surface area (Å²) in [5.41, 5.74) is 3.68. The number of carbonyl (C=O) groups is 1. The van der Waals surface area contributed by atoms with Gasteiger partial charge in [-0.1, -0.05) is 0 Å². The monoisotopic (exact) mass is 285 g/mol. The topological polar surface area (TPSA) is 74.8 Å². The molecule has 2 aromatic heterocycles. The van der Waals surface area contributed by atoms with Gasteiger partial charge in [-0.2, -0.15) is 5.10 Å². The zero-order valence-electron chi connectivity index (χ0n) is 12.3. The van der Waals surface area contributed by atoms with E-state index in [9.17, 15) is 4.79 Å². The fourth-order valence-electron chi connectivity index (χ4n) is 2.74. The van der Waals surface area contributed by atoms with Crippen LogP contribution in [0.2, 0.25) is 0 Å². The Balaban J connectivity index is 1.72. The van der Waals surface area contributed by atoms with Crippen LogP contribution in [0.15, 0.2) is 18.6 Å². The van der Waals surface area contributed by atoms with E-state index < -0.39 is 0 Å². The van der Waals surface area contributed by atoms with Gasteiger partial charge in [-0.15, -0.1) is 0 Å². The standard InChI is InChI=1S/C15H19N5O/c1-10(8-11-9-16-6-7-17-11)20(2)15(21)14-12-4-3-5-13(12)18-19-14/h6-7,9-10H,3-5,8H2,1-2H3,(H,18,19)/t10-/m0/s1. The maximum atomic E-state index is 12.6. The van der Waals surface area contributed by atoms with Crippen LogP contribution in [0.5, 0.6) is 0 Å². The molecule has 2 heterocycles. The van der Waals surface area contributed by atoms with Crippen LogP contribution in [-0.4, -0.2) is 44.1 Å². The third-order valence-corrected chi connectivity index (χ3v) is 4.11. The Hall–Kier alpha value is -2.24. The number of nitrogens with one attached hydrogen (secondary N) is 1. The Morgan fingerprint density at radius 1 is 1.43 bits per heavy atom. The molecule has 0 unspecified atom stereocenters. The zero-order valence-corrected chi connectivity index (χ0v) is 12.3. The third-order valence-electron chi connectivity index (χ3n) is 4.11. The van der Waals surface area contributed by atoms with Crippen molar-refractivity contribution in [3.05, 3.63) is 41.2 Å². The van der Waals surface area contributed by atoms with Crippen LogP contribution in [0.1, 0.15) is 40.8 Å². The molecule has 0 fully saturated rings. The van der Waals surface area contributed by atoms with Gasteiger partial charge in [0.15, 0.2) is 5.69 Å². The average molecular weight is 285 g/mol. The summed E-state index contributed by atoms with van der Waals surface area (Å²) in [6, 6.07) is 0.0444. The summed E-state index contributed by atoms with van der Waals surface area (Å²) in [5, 5.41) is 7.19. The van der Waals surface area contributed by atoms with Gasteiger partial charge in [0.25, 0.3) is 5.91 Å². The van der Waals surface area contributed by atoms with Crippen LogP contribution in [-0.2, 0) is 19.3 Å². The van der Waals surface area contributed by atoms with Crippen LogP contribution in [0.25, 0.3) is 0 Å². The largest absolute Gasteiger partial charge is 0.337 e. The van der Waals surface area contributed by atoms with Crippen molar-refractivity contribution < 1.29 is 4.79 Å². The Bertz CT molecular complexity index is 637. The average Bonchev–Trinajstić information content (AvgIpc) is 3.09. The van der Waals surface area contributed by atoms with Crippen molar-refractivity contribution in [1.29, 1.82) is 0 Å². The van der Waals surface area contributed by atoms with E-state index in [1.54, 1.807) is 23.5 Å². The zero-order chi connectivity index (χ0) is 14.8. The van der Waals surface area contributed by atoms with E-state index in [1.807, 2.05) is 14.0 Å². The number of aromatic nitrogens is 4. The molecule has 6 nitrogen and oxygen atoms in total. The van der Waals surface area contributed by atoms with Crippen molar-refractivity contribution in [3.8, 4) is 0 Å². The fraction of sp³-hybridized carbons (Fsp3) is 0.467. The lowest BCUT2D eigenvalue weighted by atomic mass is 10.1. The second-order valence-corrected chi connectivity index (χ2v) is 5.55. The van der Waals surface area contributed by atoms with Crippen LogP contribution in [0.4, 0.5) is 0 Å². The van der Waals surface area contributed by atoms with E-state index in [0.717, 1.165) is 36.2 Å². The van der Waals surface area contributed by atoms with Crippen LogP contribution < -0.4 is 0 Å². The number of aromatic amines is 1. The van der Waals surface area contributed by atoms with Crippen LogP contribution >= 0.6 is 0 Å². The molecule has 2 aromatic rings. The first-order valence-electron chi connectivity index (χ1n) is 7.25. The number of fused-ring (bicyclic) bond motifs is 1. The van der Waals surface area contributed by atoms with Crippen molar-refractivity contribution in [2.75, 3.05) is 7.05 Å². The maximum absolute atomic E-state index is 12.6. The normalized spacial score (nSPS) is 14.8. The van der Waals surface area contributed by atoms with Crippen LogP contribution in [0, 0.1) is 0 Å². The molecule has 0 aliphatic heterocycles. The molecule has 110 valence electrons. The first kappa shape index (κ1) is 13.7. The van der Waals surface area contributed by atoms with Gasteiger partial charge in [0.2, 0.25) is 0 Å². The predicted octanol–water partition coefficient (Wildman–Crippen LogP) is 1.39. The highest BCUT2D eigenvalue weighted by Gasteiger charge is 2.27. The second kappa shape index (κ2) is 5.63. The minimum absolute atomic E-state index is 0.0224. The number of H-pyrrole nitrogens is 1. The number of nitrogens with zero attached hydrogens (tertiary/aromatic N) is 4. The van der Waals surface area contributed by atoms with E-state index >= 15 is 0 Å². The summed E-state index contributed by atoms with van der Waals surface area (Å²) in [7, 11) is 1.82. The van der Waals surface area contributed by atoms with E-state index in [0.29, 0.717) is 12.1 Å². The Kier molecular flexibility index (Phi) is 3.68. The molecule has 3 rings (SSSR count). The molecule has 1 amide bonds. The van der Waals surface area contributed by atoms with Crippen molar-refractivity contribution >= 4 is 5.91 Å². The lowest BCUT2D eigenvalue weighted by molar-refractivity contribution is 0.0736. The summed E-state index contributed by atoms with van der Waals surface area (Å²) < 4.78 is 0. The molecule has 21 heavy (non-hydrogen) atoms. The third kappa shape index (κ3) is 2.66. The summed E-state index contributed by atoms with van der Waals surface area (Å²) in [5.74, 6) is -0.0224. The first-order valence-corrected chi connectivity index (χ1v) is 7.25. The van der Waals surface area contributed by atoms with E-state index in [1.165, 1.54) is 0 Å². The Labute approximate surface area is 123 Å². The summed E-state index contributed by atoms with van der Waals surface area (Å²) in [6.45, 7) is 2.01. The first-order chi connectivity index (χ1) is 10.2. The van der Waals surface area contributed by atoms with Gasteiger partial charge in [-0.3, -0.25) is 19.9 Å². The molecule has 0 spiro atoms. The minimum atomic E-state index is -0.0224. The summed E-state index contributed by atoms with van der Waals surface area (Å²) in [4.78, 5) is 22.7. The molecule has 0 radical (unpaired) electrons. The van der Waals surface area contributed by atoms with Gasteiger partial charge in [0, 0.05) is 49.4 Å². The van der Waals surface area contributed by atoms with Crippen molar-refractivity contribution in [2.45, 2.75) is 38.6 Å². The molecule has 0 bridgehead atoms. The maximum Gasteiger partial charge on any atom is 0.274 e. The Morgan fingerprint density at radius 3 is 3.05 bits per heavy atom. The van der Waals surface area contributed by atoms with Gasteiger partial charge in [0.05, 0.1) is 5.69 Å². The van der Waals surface area contributed by atoms with Gasteiger partial charge in [-0.05, 0) is 26.2 Å². The molecule has 0 saturated carbocycles. The molecule has 0 saturated heterocycles. The highest BCUT2D eigenvalue weighted by molar-refractivity contribution is 5.94. The summed E-state index contributed by atoms with van der Waals surface area (Å²) in [6.07, 6.45) is 8.78. The van der Waals surface area contributed by atoms with Crippen molar-refractivity contribution in [1.82, 2.24) is 25.1 Å². The van der Waals surface area contributed by atoms with E-state index in [2.05, 4.69) is 20.2 Å². The number of amides is 1. The molecule has 1 N–H and O–H groups in total. The smallest absolute Gasteiger partial charge is 0.274 e. The number of likely N-dealkylation sites (N-methyl/N-ethyl adjacent to an activating group) is 1. The fourth-order valence-corrected chi connectivity index (χ4v) is 2.74. The minimum Gasteiger partial charge on any atom is -0.337 e. The second-order valence-electron chi connectivity index (χ2n) is 5.55. The molecule has 1 aliphatic rings. The Morgan fingerprint density at radius 2 is 2.29 bits per heavy atom. The highest BCUT2D eigenvalue weighted by Crippen LogP contribution is 2.24. The van der Waals surface area contributed by atoms with Crippen LogP contribution in [0.3, 0.4) is 0 Å². The predicted molar refractivity (Wildman–Crippen MR) is 77.9 cm³/mol. The van der Waals surface area contributed by atoms with Gasteiger partial charge in [-0.25, -0.2) is 0 Å². The summed E-state index contributed by atoms with van der Waals surface area (Å²) >= 11 is 0.